The number of ether oxygens (including phenoxy) is 4. The van der Waals surface area contributed by atoms with E-state index in [1.165, 1.54) is 13.0 Å². The highest BCUT2D eigenvalue weighted by molar-refractivity contribution is 5.87. The first-order valence-corrected chi connectivity index (χ1v) is 13.0. The van der Waals surface area contributed by atoms with Crippen molar-refractivity contribution in [1.29, 1.82) is 0 Å². The minimum Gasteiger partial charge on any atom is -0.459 e. The Morgan fingerprint density at radius 3 is 2.56 bits per heavy atom. The summed E-state index contributed by atoms with van der Waals surface area (Å²) in [5.41, 5.74) is 0.274. The topological polar surface area (TPSA) is 107 Å². The van der Waals surface area contributed by atoms with Gasteiger partial charge in [0.2, 0.25) is 5.91 Å². The zero-order valence-electron chi connectivity index (χ0n) is 22.7. The van der Waals surface area contributed by atoms with Gasteiger partial charge in [0.1, 0.15) is 23.9 Å². The van der Waals surface area contributed by atoms with Crippen molar-refractivity contribution >= 4 is 11.9 Å². The van der Waals surface area contributed by atoms with Crippen molar-refractivity contribution < 1.29 is 33.6 Å². The molecule has 8 unspecified atom stereocenters. The summed E-state index contributed by atoms with van der Waals surface area (Å²) in [6.07, 6.45) is 9.71. The molecule has 3 aliphatic heterocycles. The fourth-order valence-electron chi connectivity index (χ4n) is 5.19. The van der Waals surface area contributed by atoms with Crippen molar-refractivity contribution in [2.45, 2.75) is 115 Å². The van der Waals surface area contributed by atoms with Crippen LogP contribution in [0.5, 0.6) is 0 Å². The molecule has 8 heteroatoms. The second kappa shape index (κ2) is 11.6. The van der Waals surface area contributed by atoms with Crippen molar-refractivity contribution in [1.82, 2.24) is 5.32 Å². The highest BCUT2D eigenvalue weighted by Gasteiger charge is 2.60. The Balaban J connectivity index is 1.49. The summed E-state index contributed by atoms with van der Waals surface area (Å²) in [6.45, 7) is 13.8. The third-order valence-electron chi connectivity index (χ3n) is 7.18. The van der Waals surface area contributed by atoms with Crippen molar-refractivity contribution in [3.05, 3.63) is 36.0 Å². The average molecular weight is 506 g/mol. The van der Waals surface area contributed by atoms with Crippen LogP contribution in [0.15, 0.2) is 36.0 Å². The summed E-state index contributed by atoms with van der Waals surface area (Å²) in [6, 6.07) is -0.0901. The maximum absolute atomic E-state index is 12.3. The number of carbonyl (C=O) groups excluding carboxylic acids is 2. The predicted molar refractivity (Wildman–Crippen MR) is 136 cm³/mol. The molecular weight excluding hydrogens is 462 g/mol. The number of aliphatic hydroxyl groups excluding tert-OH is 1. The summed E-state index contributed by atoms with van der Waals surface area (Å²) >= 11 is 0. The van der Waals surface area contributed by atoms with Crippen LogP contribution in [0.4, 0.5) is 0 Å². The van der Waals surface area contributed by atoms with E-state index in [4.69, 9.17) is 18.9 Å². The molecule has 36 heavy (non-hydrogen) atoms. The highest BCUT2D eigenvalue weighted by atomic mass is 16.6. The maximum atomic E-state index is 12.3. The zero-order chi connectivity index (χ0) is 26.7. The lowest BCUT2D eigenvalue weighted by Crippen LogP contribution is -2.53. The number of epoxide rings is 1. The number of hydrogen-bond donors (Lipinski definition) is 2. The first-order chi connectivity index (χ1) is 16.8. The van der Waals surface area contributed by atoms with Crippen LogP contribution in [0.3, 0.4) is 0 Å². The van der Waals surface area contributed by atoms with Crippen LogP contribution in [-0.2, 0) is 28.5 Å². The zero-order valence-corrected chi connectivity index (χ0v) is 22.7. The SMILES string of the molecule is CC(=O)OC(C)C=CC(=O)NC1CC(C)C(C/C=C(C)/C=C/C2OC(C)(C)CC3(CO3)C2O)OC1C. The molecular formula is C28H43NO7. The molecule has 8 nitrogen and oxygen atoms in total. The normalized spacial score (nSPS) is 37.3. The van der Waals surface area contributed by atoms with Gasteiger partial charge < -0.3 is 29.4 Å². The first kappa shape index (κ1) is 28.6. The van der Waals surface area contributed by atoms with Crippen LogP contribution >= 0.6 is 0 Å². The lowest BCUT2D eigenvalue weighted by molar-refractivity contribution is -0.171. The molecule has 3 aliphatic rings. The number of aliphatic hydroxyl groups is 1. The van der Waals surface area contributed by atoms with Gasteiger partial charge in [-0.25, -0.2) is 0 Å². The van der Waals surface area contributed by atoms with E-state index in [0.717, 1.165) is 18.4 Å². The summed E-state index contributed by atoms with van der Waals surface area (Å²) in [5, 5.41) is 13.7. The van der Waals surface area contributed by atoms with E-state index in [-0.39, 0.29) is 41.6 Å². The molecule has 1 amide bonds. The minimum atomic E-state index is -0.663. The molecule has 0 aromatic rings. The average Bonchev–Trinajstić information content (AvgIpc) is 3.54. The first-order valence-electron chi connectivity index (χ1n) is 13.0. The van der Waals surface area contributed by atoms with E-state index in [0.29, 0.717) is 13.0 Å². The van der Waals surface area contributed by atoms with Gasteiger partial charge in [-0.15, -0.1) is 0 Å². The van der Waals surface area contributed by atoms with Crippen molar-refractivity contribution in [3.8, 4) is 0 Å². The van der Waals surface area contributed by atoms with Gasteiger partial charge in [-0.05, 0) is 59.5 Å². The number of esters is 1. The Kier molecular flexibility index (Phi) is 9.20. The van der Waals surface area contributed by atoms with Crippen LogP contribution in [0.1, 0.15) is 67.7 Å². The number of amides is 1. The Hall–Kier alpha value is -2.00. The lowest BCUT2D eigenvalue weighted by atomic mass is 9.83. The summed E-state index contributed by atoms with van der Waals surface area (Å²) in [5.74, 6) is -0.346. The molecule has 8 atom stereocenters. The second-order valence-electron chi connectivity index (χ2n) is 11.2. The van der Waals surface area contributed by atoms with Gasteiger partial charge in [0.15, 0.2) is 0 Å². The number of nitrogens with one attached hydrogen (secondary N) is 1. The largest absolute Gasteiger partial charge is 0.459 e. The number of rotatable bonds is 8. The van der Waals surface area contributed by atoms with Gasteiger partial charge in [-0.3, -0.25) is 9.59 Å². The third-order valence-corrected chi connectivity index (χ3v) is 7.18. The van der Waals surface area contributed by atoms with Crippen LogP contribution < -0.4 is 5.32 Å². The monoisotopic (exact) mass is 505 g/mol. The van der Waals surface area contributed by atoms with Gasteiger partial charge in [0, 0.05) is 19.4 Å². The summed E-state index contributed by atoms with van der Waals surface area (Å²) in [7, 11) is 0. The third kappa shape index (κ3) is 7.75. The van der Waals surface area contributed by atoms with Gasteiger partial charge in [0.05, 0.1) is 30.5 Å². The van der Waals surface area contributed by atoms with Crippen LogP contribution in [-0.4, -0.2) is 71.4 Å². The summed E-state index contributed by atoms with van der Waals surface area (Å²) < 4.78 is 23.0. The molecule has 1 spiro atoms. The quantitative estimate of drug-likeness (QED) is 0.225. The van der Waals surface area contributed by atoms with E-state index in [2.05, 4.69) is 18.3 Å². The molecule has 0 saturated carbocycles. The van der Waals surface area contributed by atoms with E-state index >= 15 is 0 Å². The van der Waals surface area contributed by atoms with Crippen LogP contribution in [0, 0.1) is 5.92 Å². The Labute approximate surface area is 215 Å². The number of hydrogen-bond acceptors (Lipinski definition) is 7. The Morgan fingerprint density at radius 2 is 1.92 bits per heavy atom. The molecule has 3 saturated heterocycles. The van der Waals surface area contributed by atoms with Gasteiger partial charge in [-0.1, -0.05) is 30.7 Å². The molecule has 0 bridgehead atoms. The molecule has 2 N–H and O–H groups in total. The molecule has 0 radical (unpaired) electrons. The van der Waals surface area contributed by atoms with Crippen molar-refractivity contribution in [3.63, 3.8) is 0 Å². The smallest absolute Gasteiger partial charge is 0.303 e. The molecule has 0 aliphatic carbocycles. The van der Waals surface area contributed by atoms with Gasteiger partial charge in [0.25, 0.3) is 0 Å². The Bertz CT molecular complexity index is 888. The number of carbonyl (C=O) groups is 2. The number of allylic oxidation sites excluding steroid dienone is 2. The van der Waals surface area contributed by atoms with E-state index < -0.39 is 23.9 Å². The second-order valence-corrected chi connectivity index (χ2v) is 11.2. The summed E-state index contributed by atoms with van der Waals surface area (Å²) in [4.78, 5) is 23.3. The fourth-order valence-corrected chi connectivity index (χ4v) is 5.19. The van der Waals surface area contributed by atoms with Crippen LogP contribution in [0.25, 0.3) is 0 Å². The van der Waals surface area contributed by atoms with Crippen molar-refractivity contribution in [2.24, 2.45) is 5.92 Å². The molecule has 3 fully saturated rings. The predicted octanol–water partition coefficient (Wildman–Crippen LogP) is 3.38. The molecule has 202 valence electrons. The minimum absolute atomic E-state index is 0.0506. The van der Waals surface area contributed by atoms with Crippen LogP contribution in [0.2, 0.25) is 0 Å². The van der Waals surface area contributed by atoms with Crippen molar-refractivity contribution in [2.75, 3.05) is 6.61 Å². The van der Waals surface area contributed by atoms with E-state index in [9.17, 15) is 14.7 Å². The van der Waals surface area contributed by atoms with Gasteiger partial charge >= 0.3 is 5.97 Å². The molecule has 3 rings (SSSR count). The molecule has 0 aromatic carbocycles. The maximum Gasteiger partial charge on any atom is 0.303 e. The van der Waals surface area contributed by atoms with E-state index in [1.54, 1.807) is 13.0 Å². The lowest BCUT2D eigenvalue weighted by Gasteiger charge is -2.41. The molecule has 3 heterocycles. The van der Waals surface area contributed by atoms with E-state index in [1.807, 2.05) is 39.8 Å². The molecule has 0 aromatic heterocycles. The highest BCUT2D eigenvalue weighted by Crippen LogP contribution is 2.46. The fraction of sp³-hybridized carbons (Fsp3) is 0.714. The standard InChI is InChI=1S/C28H43NO7/c1-17(9-12-24-26(32)28(16-33-28)15-27(6,7)36-24)8-11-23-18(2)14-22(20(4)35-23)29-25(31)13-10-19(3)34-21(5)30/h8-10,12-13,18-20,22-24,26,32H,11,14-16H2,1-7H3,(H,29,31)/b12-9+,13-10?,17-8+. The Morgan fingerprint density at radius 1 is 1.22 bits per heavy atom. The van der Waals surface area contributed by atoms with Gasteiger partial charge in [-0.2, -0.15) is 0 Å².